The van der Waals surface area contributed by atoms with E-state index in [9.17, 15) is 4.57 Å². The molecule has 1 aromatic rings. The molecular formula is C42H80N3O3P. The van der Waals surface area contributed by atoms with Gasteiger partial charge >= 0.3 is 7.75 Å². The van der Waals surface area contributed by atoms with Crippen LogP contribution in [-0.4, -0.2) is 29.3 Å². The second-order valence-electron chi connectivity index (χ2n) is 14.2. The van der Waals surface area contributed by atoms with Crippen molar-refractivity contribution in [2.24, 2.45) is 7.05 Å². The summed E-state index contributed by atoms with van der Waals surface area (Å²) in [4.78, 5) is 4.38. The van der Waals surface area contributed by atoms with Crippen LogP contribution in [0, 0.1) is 0 Å². The van der Waals surface area contributed by atoms with Gasteiger partial charge in [0, 0.05) is 26.2 Å². The number of rotatable bonds is 38. The molecule has 0 aromatic carbocycles. The quantitative estimate of drug-likeness (QED) is 0.0421. The lowest BCUT2D eigenvalue weighted by atomic mass is 10.1. The molecule has 0 fully saturated rings. The van der Waals surface area contributed by atoms with Crippen LogP contribution >= 0.6 is 7.75 Å². The van der Waals surface area contributed by atoms with Crippen molar-refractivity contribution >= 4 is 7.75 Å². The first-order valence-electron chi connectivity index (χ1n) is 21.0. The standard InChI is InChI=1S/C42H80N3O3P/c1-4-6-8-10-12-14-16-18-20-22-24-26-28-30-32-34-38-47-49(46,44-37-36-42-40-45(3)41-43-42)48-39-35-33-31-29-27-25-23-21-19-17-15-13-11-9-7-5-2/h18-21,40-41H,4-17,22-39H2,1-3H3,(H,44,46)/b20-18-,21-19-. The fraction of sp³-hybridized carbons (Fsp3) is 0.833. The van der Waals surface area contributed by atoms with Gasteiger partial charge in [0.05, 0.1) is 25.2 Å². The Kier molecular flexibility index (Phi) is 32.9. The molecule has 0 spiro atoms. The number of hydrogen-bond acceptors (Lipinski definition) is 4. The maximum absolute atomic E-state index is 13.5. The van der Waals surface area contributed by atoms with Crippen LogP contribution in [0.25, 0.3) is 0 Å². The number of nitrogens with zero attached hydrogens (tertiary/aromatic N) is 2. The summed E-state index contributed by atoms with van der Waals surface area (Å²) in [5.41, 5.74) is 0.975. The molecule has 0 saturated carbocycles. The minimum absolute atomic E-state index is 0.475. The zero-order valence-corrected chi connectivity index (χ0v) is 33.6. The lowest BCUT2D eigenvalue weighted by Crippen LogP contribution is -2.19. The molecule has 0 aliphatic carbocycles. The minimum atomic E-state index is -3.33. The summed E-state index contributed by atoms with van der Waals surface area (Å²) in [5.74, 6) is 0. The summed E-state index contributed by atoms with van der Waals surface area (Å²) in [6.07, 6.45) is 49.6. The van der Waals surface area contributed by atoms with E-state index in [0.717, 1.165) is 31.4 Å². The van der Waals surface area contributed by atoms with Crippen LogP contribution in [0.1, 0.15) is 199 Å². The number of unbranched alkanes of at least 4 members (excludes halogenated alkanes) is 24. The number of hydrogen-bond donors (Lipinski definition) is 1. The highest BCUT2D eigenvalue weighted by molar-refractivity contribution is 7.51. The fourth-order valence-electron chi connectivity index (χ4n) is 6.11. The molecule has 0 aliphatic heterocycles. The summed E-state index contributed by atoms with van der Waals surface area (Å²) in [7, 11) is -1.37. The van der Waals surface area contributed by atoms with E-state index >= 15 is 0 Å². The predicted octanol–water partition coefficient (Wildman–Crippen LogP) is 13.8. The summed E-state index contributed by atoms with van der Waals surface area (Å²) >= 11 is 0. The van der Waals surface area contributed by atoms with E-state index in [4.69, 9.17) is 9.05 Å². The van der Waals surface area contributed by atoms with Crippen LogP contribution in [0.4, 0.5) is 0 Å². The van der Waals surface area contributed by atoms with Gasteiger partial charge < -0.3 is 4.57 Å². The Bertz CT molecular complexity index is 884. The number of aromatic nitrogens is 2. The second kappa shape index (κ2) is 35.2. The van der Waals surface area contributed by atoms with Crippen LogP contribution in [0.2, 0.25) is 0 Å². The fourth-order valence-corrected chi connectivity index (χ4v) is 7.50. The van der Waals surface area contributed by atoms with Crippen LogP contribution in [0.3, 0.4) is 0 Å². The number of imidazole rings is 1. The van der Waals surface area contributed by atoms with E-state index < -0.39 is 7.75 Å². The van der Waals surface area contributed by atoms with Crippen molar-refractivity contribution in [2.75, 3.05) is 19.8 Å². The number of aryl methyl sites for hydroxylation is 1. The molecule has 0 radical (unpaired) electrons. The molecule has 7 heteroatoms. The van der Waals surface area contributed by atoms with Gasteiger partial charge in [-0.25, -0.2) is 14.6 Å². The normalized spacial score (nSPS) is 12.3. The van der Waals surface area contributed by atoms with Gasteiger partial charge in [-0.3, -0.25) is 9.05 Å². The monoisotopic (exact) mass is 706 g/mol. The second-order valence-corrected chi connectivity index (χ2v) is 16.1. The van der Waals surface area contributed by atoms with Gasteiger partial charge in [-0.15, -0.1) is 0 Å². The summed E-state index contributed by atoms with van der Waals surface area (Å²) in [6.45, 7) is 6.03. The van der Waals surface area contributed by atoms with Crippen molar-refractivity contribution in [1.82, 2.24) is 14.6 Å². The van der Waals surface area contributed by atoms with Crippen LogP contribution in [0.15, 0.2) is 36.8 Å². The van der Waals surface area contributed by atoms with E-state index in [2.05, 4.69) is 48.2 Å². The Morgan fingerprint density at radius 3 is 1.33 bits per heavy atom. The molecule has 1 aromatic heterocycles. The highest BCUT2D eigenvalue weighted by Gasteiger charge is 2.24. The zero-order valence-electron chi connectivity index (χ0n) is 32.7. The highest BCUT2D eigenvalue weighted by Crippen LogP contribution is 2.44. The van der Waals surface area contributed by atoms with Crippen molar-refractivity contribution < 1.29 is 13.6 Å². The van der Waals surface area contributed by atoms with Gasteiger partial charge in [0.25, 0.3) is 0 Å². The maximum Gasteiger partial charge on any atom is 0.405 e. The third-order valence-electron chi connectivity index (χ3n) is 9.28. The maximum atomic E-state index is 13.5. The molecule has 1 N–H and O–H groups in total. The summed E-state index contributed by atoms with van der Waals surface area (Å²) < 4.78 is 27.3. The molecule has 0 atom stereocenters. The molecule has 0 aliphatic rings. The van der Waals surface area contributed by atoms with Gasteiger partial charge in [0.15, 0.2) is 0 Å². The van der Waals surface area contributed by atoms with Gasteiger partial charge in [0.2, 0.25) is 0 Å². The highest BCUT2D eigenvalue weighted by atomic mass is 31.2. The van der Waals surface area contributed by atoms with E-state index in [1.54, 1.807) is 6.33 Å². The van der Waals surface area contributed by atoms with Crippen LogP contribution in [-0.2, 0) is 27.1 Å². The van der Waals surface area contributed by atoms with Crippen molar-refractivity contribution in [3.05, 3.63) is 42.5 Å². The molecular weight excluding hydrogens is 625 g/mol. The lowest BCUT2D eigenvalue weighted by Gasteiger charge is -2.19. The van der Waals surface area contributed by atoms with Gasteiger partial charge in [-0.1, -0.05) is 154 Å². The largest absolute Gasteiger partial charge is 0.405 e. The third kappa shape index (κ3) is 31.3. The van der Waals surface area contributed by atoms with Crippen molar-refractivity contribution in [3.63, 3.8) is 0 Å². The van der Waals surface area contributed by atoms with E-state index in [1.165, 1.54) is 154 Å². The van der Waals surface area contributed by atoms with Crippen molar-refractivity contribution in [3.8, 4) is 0 Å². The van der Waals surface area contributed by atoms with Crippen molar-refractivity contribution in [1.29, 1.82) is 0 Å². The SMILES string of the molecule is CCCCCCCC/C=C\CCCCCCCCOP(=O)(NCCc1cn(C)cn1)OCCCCCCCC/C=C\CCCCCCCC. The Balaban J connectivity index is 2.12. The number of allylic oxidation sites excluding steroid dienone is 4. The molecule has 1 heterocycles. The Morgan fingerprint density at radius 2 is 0.959 bits per heavy atom. The molecule has 6 nitrogen and oxygen atoms in total. The number of nitrogens with one attached hydrogen (secondary N) is 1. The summed E-state index contributed by atoms with van der Waals surface area (Å²) in [6, 6.07) is 0. The van der Waals surface area contributed by atoms with Gasteiger partial charge in [-0.2, -0.15) is 0 Å². The first-order chi connectivity index (χ1) is 24.1. The van der Waals surface area contributed by atoms with Gasteiger partial charge in [0.1, 0.15) is 0 Å². The molecule has 0 amide bonds. The average molecular weight is 706 g/mol. The Morgan fingerprint density at radius 1 is 0.592 bits per heavy atom. The van der Waals surface area contributed by atoms with Crippen LogP contribution in [0.5, 0.6) is 0 Å². The average Bonchev–Trinajstić information content (AvgIpc) is 3.52. The molecule has 0 bridgehead atoms. The first-order valence-corrected chi connectivity index (χ1v) is 22.5. The molecule has 0 saturated heterocycles. The predicted molar refractivity (Wildman–Crippen MR) is 213 cm³/mol. The van der Waals surface area contributed by atoms with E-state index in [1.807, 2.05) is 17.8 Å². The topological polar surface area (TPSA) is 65.4 Å². The minimum Gasteiger partial charge on any atom is -0.340 e. The first kappa shape index (κ1) is 45.8. The molecule has 286 valence electrons. The van der Waals surface area contributed by atoms with Gasteiger partial charge in [-0.05, 0) is 64.2 Å². The molecule has 0 unspecified atom stereocenters. The van der Waals surface area contributed by atoms with E-state index in [0.29, 0.717) is 26.2 Å². The molecule has 1 rings (SSSR count). The Labute approximate surface area is 304 Å². The zero-order chi connectivity index (χ0) is 35.4. The smallest absolute Gasteiger partial charge is 0.340 e. The van der Waals surface area contributed by atoms with Crippen molar-refractivity contribution in [2.45, 2.75) is 200 Å². The third-order valence-corrected chi connectivity index (χ3v) is 10.9. The lowest BCUT2D eigenvalue weighted by molar-refractivity contribution is 0.189. The molecule has 49 heavy (non-hydrogen) atoms. The summed E-state index contributed by atoms with van der Waals surface area (Å²) in [5, 5.41) is 3.11. The van der Waals surface area contributed by atoms with E-state index in [-0.39, 0.29) is 0 Å². The Hall–Kier alpha value is -1.20. The van der Waals surface area contributed by atoms with Crippen LogP contribution < -0.4 is 5.09 Å².